The molecule has 0 aliphatic rings. The van der Waals surface area contributed by atoms with Gasteiger partial charge in [-0.3, -0.25) is 4.79 Å². The van der Waals surface area contributed by atoms with Crippen molar-refractivity contribution in [2.75, 3.05) is 19.0 Å². The molecule has 0 saturated carbocycles. The minimum atomic E-state index is -0.592. The third kappa shape index (κ3) is 3.62. The zero-order valence-electron chi connectivity index (χ0n) is 11.1. The van der Waals surface area contributed by atoms with Gasteiger partial charge >= 0.3 is 0 Å². The molecule has 3 N–H and O–H groups in total. The van der Waals surface area contributed by atoms with E-state index in [1.807, 2.05) is 0 Å². The molecule has 1 atom stereocenters. The molecular weight excluding hydrogens is 260 g/mol. The number of nitrogens with zero attached hydrogens (tertiary/aromatic N) is 2. The van der Waals surface area contributed by atoms with Gasteiger partial charge in [-0.25, -0.2) is 0 Å². The highest BCUT2D eigenvalue weighted by Gasteiger charge is 2.13. The number of nitrogens with one attached hydrogen (secondary N) is 1. The molecule has 0 aliphatic heterocycles. The average Bonchev–Trinajstić information content (AvgIpc) is 2.99. The van der Waals surface area contributed by atoms with E-state index in [0.717, 1.165) is 5.56 Å². The van der Waals surface area contributed by atoms with Crippen LogP contribution in [-0.2, 0) is 9.53 Å². The Morgan fingerprint density at radius 1 is 1.45 bits per heavy atom. The molecule has 1 amide bonds. The van der Waals surface area contributed by atoms with Crippen LogP contribution in [0.4, 0.5) is 5.69 Å². The molecule has 1 aromatic heterocycles. The Balaban J connectivity index is 1.95. The normalized spacial score (nSPS) is 12.1. The first kappa shape index (κ1) is 14.2. The molecular formula is C13H16N4O3. The second-order valence-corrected chi connectivity index (χ2v) is 4.20. The van der Waals surface area contributed by atoms with Gasteiger partial charge < -0.3 is 20.2 Å². The predicted molar refractivity (Wildman–Crippen MR) is 72.8 cm³/mol. The zero-order chi connectivity index (χ0) is 14.4. The average molecular weight is 276 g/mol. The molecule has 0 radical (unpaired) electrons. The summed E-state index contributed by atoms with van der Waals surface area (Å²) in [5, 5.41) is 10.1. The zero-order valence-corrected chi connectivity index (χ0v) is 11.1. The number of ether oxygens (including phenoxy) is 1. The molecule has 0 spiro atoms. The molecule has 2 aromatic rings. The van der Waals surface area contributed by atoms with Crippen LogP contribution in [-0.4, -0.2) is 35.9 Å². The third-order valence-corrected chi connectivity index (χ3v) is 2.73. The highest BCUT2D eigenvalue weighted by Crippen LogP contribution is 2.18. The van der Waals surface area contributed by atoms with Gasteiger partial charge in [0, 0.05) is 25.0 Å². The van der Waals surface area contributed by atoms with Crippen molar-refractivity contribution < 1.29 is 13.9 Å². The van der Waals surface area contributed by atoms with Gasteiger partial charge in [0.2, 0.25) is 18.2 Å². The highest BCUT2D eigenvalue weighted by atomic mass is 16.5. The molecule has 106 valence electrons. The Bertz CT molecular complexity index is 539. The quantitative estimate of drug-likeness (QED) is 0.817. The molecule has 0 aliphatic carbocycles. The number of carbonyl (C=O) groups is 1. The molecule has 1 unspecified atom stereocenters. The van der Waals surface area contributed by atoms with E-state index >= 15 is 0 Å². The molecule has 0 saturated heterocycles. The van der Waals surface area contributed by atoms with Crippen molar-refractivity contribution in [1.82, 2.24) is 10.2 Å². The molecule has 0 fully saturated rings. The molecule has 20 heavy (non-hydrogen) atoms. The van der Waals surface area contributed by atoms with Gasteiger partial charge in [-0.2, -0.15) is 0 Å². The van der Waals surface area contributed by atoms with Gasteiger partial charge in [-0.15, -0.1) is 10.2 Å². The molecule has 1 aromatic carbocycles. The summed E-state index contributed by atoms with van der Waals surface area (Å²) in [4.78, 5) is 11.8. The van der Waals surface area contributed by atoms with E-state index in [9.17, 15) is 4.79 Å². The molecule has 2 rings (SSSR count). The number of benzene rings is 1. The van der Waals surface area contributed by atoms with Crippen molar-refractivity contribution in [1.29, 1.82) is 0 Å². The largest absolute Gasteiger partial charge is 0.423 e. The molecule has 7 heteroatoms. The van der Waals surface area contributed by atoms with Crippen molar-refractivity contribution in [2.24, 2.45) is 5.73 Å². The van der Waals surface area contributed by atoms with E-state index in [1.165, 1.54) is 6.39 Å². The first-order chi connectivity index (χ1) is 9.70. The smallest absolute Gasteiger partial charge is 0.247 e. The first-order valence-corrected chi connectivity index (χ1v) is 6.12. The van der Waals surface area contributed by atoms with Crippen LogP contribution in [0.5, 0.6) is 0 Å². The number of carbonyl (C=O) groups excluding carboxylic acids is 1. The summed E-state index contributed by atoms with van der Waals surface area (Å²) in [6.07, 6.45) is 1.74. The number of hydrogen-bond acceptors (Lipinski definition) is 6. The maximum absolute atomic E-state index is 11.8. The standard InChI is InChI=1S/C13H16N4O3/c1-19-7-6-11(14)12(18)16-10-4-2-9(3-5-10)13-17-15-8-20-13/h2-5,8,11H,6-7,14H2,1H3,(H,16,18). The summed E-state index contributed by atoms with van der Waals surface area (Å²) < 4.78 is 9.97. The molecule has 0 bridgehead atoms. The Hall–Kier alpha value is -2.25. The van der Waals surface area contributed by atoms with E-state index in [4.69, 9.17) is 14.9 Å². The number of rotatable bonds is 6. The van der Waals surface area contributed by atoms with Crippen molar-refractivity contribution in [3.63, 3.8) is 0 Å². The summed E-state index contributed by atoms with van der Waals surface area (Å²) in [7, 11) is 1.57. The van der Waals surface area contributed by atoms with E-state index in [0.29, 0.717) is 24.6 Å². The summed E-state index contributed by atoms with van der Waals surface area (Å²) in [6.45, 7) is 0.449. The lowest BCUT2D eigenvalue weighted by molar-refractivity contribution is -0.117. The van der Waals surface area contributed by atoms with Crippen LogP contribution in [0, 0.1) is 0 Å². The summed E-state index contributed by atoms with van der Waals surface area (Å²) in [6, 6.07) is 6.47. The molecule has 7 nitrogen and oxygen atoms in total. The fourth-order valence-corrected chi connectivity index (χ4v) is 1.61. The first-order valence-electron chi connectivity index (χ1n) is 6.12. The second-order valence-electron chi connectivity index (χ2n) is 4.20. The third-order valence-electron chi connectivity index (χ3n) is 2.73. The van der Waals surface area contributed by atoms with Crippen LogP contribution < -0.4 is 11.1 Å². The highest BCUT2D eigenvalue weighted by molar-refractivity contribution is 5.94. The second kappa shape index (κ2) is 6.78. The Labute approximate surface area is 116 Å². The van der Waals surface area contributed by atoms with Crippen LogP contribution in [0.15, 0.2) is 35.1 Å². The number of amides is 1. The number of nitrogens with two attached hydrogens (primary N) is 1. The number of aromatic nitrogens is 2. The van der Waals surface area contributed by atoms with Crippen molar-refractivity contribution in [3.8, 4) is 11.5 Å². The lowest BCUT2D eigenvalue weighted by atomic mass is 10.2. The van der Waals surface area contributed by atoms with Gasteiger partial charge in [0.1, 0.15) is 0 Å². The van der Waals surface area contributed by atoms with Gasteiger partial charge in [-0.05, 0) is 30.7 Å². The van der Waals surface area contributed by atoms with E-state index in [-0.39, 0.29) is 5.91 Å². The Morgan fingerprint density at radius 3 is 2.80 bits per heavy atom. The van der Waals surface area contributed by atoms with Gasteiger partial charge in [-0.1, -0.05) is 0 Å². The van der Waals surface area contributed by atoms with Gasteiger partial charge in [0.25, 0.3) is 0 Å². The summed E-state index contributed by atoms with van der Waals surface area (Å²) in [5.41, 5.74) is 7.17. The number of hydrogen-bond donors (Lipinski definition) is 2. The van der Waals surface area contributed by atoms with Crippen LogP contribution in [0.3, 0.4) is 0 Å². The maximum Gasteiger partial charge on any atom is 0.247 e. The van der Waals surface area contributed by atoms with Crippen LogP contribution in [0.1, 0.15) is 6.42 Å². The van der Waals surface area contributed by atoms with E-state index < -0.39 is 6.04 Å². The van der Waals surface area contributed by atoms with Crippen LogP contribution in [0.2, 0.25) is 0 Å². The van der Waals surface area contributed by atoms with E-state index in [1.54, 1.807) is 31.4 Å². The SMILES string of the molecule is COCCC(N)C(=O)Nc1ccc(-c2nnco2)cc1. The predicted octanol–water partition coefficient (Wildman–Crippen LogP) is 1.04. The minimum absolute atomic E-state index is 0.243. The summed E-state index contributed by atoms with van der Waals surface area (Å²) >= 11 is 0. The fraction of sp³-hybridized carbons (Fsp3) is 0.308. The number of methoxy groups -OCH3 is 1. The topological polar surface area (TPSA) is 103 Å². The van der Waals surface area contributed by atoms with Crippen LogP contribution in [0.25, 0.3) is 11.5 Å². The lowest BCUT2D eigenvalue weighted by Gasteiger charge is -2.11. The molecule has 1 heterocycles. The van der Waals surface area contributed by atoms with Crippen LogP contribution >= 0.6 is 0 Å². The monoisotopic (exact) mass is 276 g/mol. The maximum atomic E-state index is 11.8. The van der Waals surface area contributed by atoms with Gasteiger partial charge in [0.05, 0.1) is 6.04 Å². The van der Waals surface area contributed by atoms with Crippen molar-refractivity contribution in [3.05, 3.63) is 30.7 Å². The minimum Gasteiger partial charge on any atom is -0.423 e. The number of anilines is 1. The fourth-order valence-electron chi connectivity index (χ4n) is 1.61. The van der Waals surface area contributed by atoms with Crippen molar-refractivity contribution >= 4 is 11.6 Å². The van der Waals surface area contributed by atoms with Gasteiger partial charge in [0.15, 0.2) is 0 Å². The van der Waals surface area contributed by atoms with Crippen molar-refractivity contribution in [2.45, 2.75) is 12.5 Å². The Morgan fingerprint density at radius 2 is 2.20 bits per heavy atom. The lowest BCUT2D eigenvalue weighted by Crippen LogP contribution is -2.36. The van der Waals surface area contributed by atoms with E-state index in [2.05, 4.69) is 15.5 Å². The summed E-state index contributed by atoms with van der Waals surface area (Å²) in [5.74, 6) is 0.187. The Kier molecular flexibility index (Phi) is 4.80.